The molecule has 2 rings (SSSR count). The summed E-state index contributed by atoms with van der Waals surface area (Å²) in [4.78, 5) is 24.1. The van der Waals surface area contributed by atoms with E-state index in [4.69, 9.17) is 21.4 Å². The molecule has 0 unspecified atom stereocenters. The van der Waals surface area contributed by atoms with E-state index >= 15 is 0 Å². The molecule has 0 aliphatic rings. The molecule has 0 fully saturated rings. The van der Waals surface area contributed by atoms with Crippen LogP contribution >= 0.6 is 11.6 Å². The first-order chi connectivity index (χ1) is 10.1. The van der Waals surface area contributed by atoms with E-state index in [2.05, 4.69) is 0 Å². The Bertz CT molecular complexity index is 628. The number of para-hydroxylation sites is 1. The molecule has 0 aromatic heterocycles. The molecular weight excluding hydrogens is 294 g/mol. The lowest BCUT2D eigenvalue weighted by molar-refractivity contribution is -0.135. The fourth-order valence-electron chi connectivity index (χ4n) is 1.66. The standard InChI is InChI=1S/C15H12ClNO4/c16-11-6-8-12(9-7-11)17(10-14(18)19)15(20)21-13-4-2-1-3-5-13/h1-9H,10H2,(H,18,19). The maximum atomic E-state index is 12.1. The number of carboxylic acid groups (broad SMARTS) is 1. The summed E-state index contributed by atoms with van der Waals surface area (Å²) >= 11 is 5.78. The predicted molar refractivity (Wildman–Crippen MR) is 78.9 cm³/mol. The molecular formula is C15H12ClNO4. The molecule has 0 spiro atoms. The molecule has 21 heavy (non-hydrogen) atoms. The van der Waals surface area contributed by atoms with Gasteiger partial charge in [0.1, 0.15) is 12.3 Å². The van der Waals surface area contributed by atoms with Crippen LogP contribution in [0.2, 0.25) is 5.02 Å². The van der Waals surface area contributed by atoms with Crippen molar-refractivity contribution in [3.63, 3.8) is 0 Å². The molecule has 0 atom stereocenters. The highest BCUT2D eigenvalue weighted by atomic mass is 35.5. The largest absolute Gasteiger partial charge is 0.480 e. The number of anilines is 1. The number of halogens is 1. The number of hydrogen-bond donors (Lipinski definition) is 1. The highest BCUT2D eigenvalue weighted by Gasteiger charge is 2.20. The van der Waals surface area contributed by atoms with Crippen molar-refractivity contribution >= 4 is 29.4 Å². The summed E-state index contributed by atoms with van der Waals surface area (Å²) in [7, 11) is 0. The van der Waals surface area contributed by atoms with E-state index in [1.807, 2.05) is 0 Å². The number of nitrogens with zero attached hydrogens (tertiary/aromatic N) is 1. The summed E-state index contributed by atoms with van der Waals surface area (Å²) in [6.07, 6.45) is -0.772. The summed E-state index contributed by atoms with van der Waals surface area (Å²) in [6, 6.07) is 14.7. The van der Waals surface area contributed by atoms with Crippen LogP contribution in [-0.4, -0.2) is 23.7 Å². The van der Waals surface area contributed by atoms with Crippen LogP contribution in [0.1, 0.15) is 0 Å². The summed E-state index contributed by atoms with van der Waals surface area (Å²) in [5.41, 5.74) is 0.391. The number of ether oxygens (including phenoxy) is 1. The normalized spacial score (nSPS) is 9.95. The van der Waals surface area contributed by atoms with E-state index in [9.17, 15) is 9.59 Å². The molecule has 5 nitrogen and oxygen atoms in total. The van der Waals surface area contributed by atoms with Gasteiger partial charge in [0.2, 0.25) is 0 Å². The highest BCUT2D eigenvalue weighted by molar-refractivity contribution is 6.30. The smallest absolute Gasteiger partial charge is 0.420 e. The van der Waals surface area contributed by atoms with Crippen molar-refractivity contribution in [3.05, 3.63) is 59.6 Å². The predicted octanol–water partition coefficient (Wildman–Crippen LogP) is 3.43. The first kappa shape index (κ1) is 14.9. The van der Waals surface area contributed by atoms with Gasteiger partial charge in [0.05, 0.1) is 0 Å². The van der Waals surface area contributed by atoms with Crippen molar-refractivity contribution in [2.24, 2.45) is 0 Å². The minimum atomic E-state index is -1.14. The number of aliphatic carboxylic acids is 1. The molecule has 0 saturated heterocycles. The van der Waals surface area contributed by atoms with Crippen LogP contribution < -0.4 is 9.64 Å². The molecule has 1 N–H and O–H groups in total. The van der Waals surface area contributed by atoms with Crippen molar-refractivity contribution in [2.45, 2.75) is 0 Å². The molecule has 0 bridgehead atoms. The van der Waals surface area contributed by atoms with E-state index in [-0.39, 0.29) is 0 Å². The number of amides is 1. The van der Waals surface area contributed by atoms with Crippen LogP contribution in [0.25, 0.3) is 0 Å². The maximum absolute atomic E-state index is 12.1. The molecule has 2 aromatic rings. The van der Waals surface area contributed by atoms with Crippen molar-refractivity contribution in [2.75, 3.05) is 11.4 Å². The van der Waals surface area contributed by atoms with Gasteiger partial charge >= 0.3 is 12.1 Å². The van der Waals surface area contributed by atoms with Crippen LogP contribution in [0.3, 0.4) is 0 Å². The second kappa shape index (κ2) is 6.76. The Morgan fingerprint density at radius 3 is 2.24 bits per heavy atom. The number of rotatable bonds is 4. The van der Waals surface area contributed by atoms with Crippen molar-refractivity contribution in [3.8, 4) is 5.75 Å². The van der Waals surface area contributed by atoms with Gasteiger partial charge in [-0.25, -0.2) is 4.79 Å². The summed E-state index contributed by atoms with van der Waals surface area (Å²) in [5, 5.41) is 9.43. The zero-order valence-corrected chi connectivity index (χ0v) is 11.7. The second-order valence-electron chi connectivity index (χ2n) is 4.14. The SMILES string of the molecule is O=C(O)CN(C(=O)Oc1ccccc1)c1ccc(Cl)cc1. The second-order valence-corrected chi connectivity index (χ2v) is 4.57. The fraction of sp³-hybridized carbons (Fsp3) is 0.0667. The van der Waals surface area contributed by atoms with E-state index in [1.165, 1.54) is 0 Å². The van der Waals surface area contributed by atoms with Gasteiger partial charge in [0.15, 0.2) is 0 Å². The van der Waals surface area contributed by atoms with E-state index < -0.39 is 18.6 Å². The van der Waals surface area contributed by atoms with Crippen molar-refractivity contribution in [1.29, 1.82) is 0 Å². The Hall–Kier alpha value is -2.53. The monoisotopic (exact) mass is 305 g/mol. The third-order valence-corrected chi connectivity index (χ3v) is 2.85. The average molecular weight is 306 g/mol. The van der Waals surface area contributed by atoms with Gasteiger partial charge in [-0.05, 0) is 36.4 Å². The summed E-state index contributed by atoms with van der Waals surface area (Å²) in [6.45, 7) is -0.507. The van der Waals surface area contributed by atoms with Gasteiger partial charge in [0, 0.05) is 10.7 Å². The first-order valence-corrected chi connectivity index (χ1v) is 6.46. The number of carbonyl (C=O) groups is 2. The van der Waals surface area contributed by atoms with Crippen LogP contribution in [0, 0.1) is 0 Å². The molecule has 2 aromatic carbocycles. The molecule has 6 heteroatoms. The lowest BCUT2D eigenvalue weighted by atomic mass is 10.3. The van der Waals surface area contributed by atoms with Gasteiger partial charge in [-0.15, -0.1) is 0 Å². The molecule has 0 aliphatic heterocycles. The average Bonchev–Trinajstić information content (AvgIpc) is 2.46. The van der Waals surface area contributed by atoms with Gasteiger partial charge in [-0.1, -0.05) is 29.8 Å². The first-order valence-electron chi connectivity index (χ1n) is 6.08. The number of carboxylic acids is 1. The molecule has 0 saturated carbocycles. The molecule has 0 radical (unpaired) electrons. The van der Waals surface area contributed by atoms with E-state index in [0.29, 0.717) is 16.5 Å². The number of hydrogen-bond acceptors (Lipinski definition) is 3. The van der Waals surface area contributed by atoms with E-state index in [1.54, 1.807) is 54.6 Å². The Morgan fingerprint density at radius 2 is 1.67 bits per heavy atom. The lowest BCUT2D eigenvalue weighted by Crippen LogP contribution is -2.37. The molecule has 0 aliphatic carbocycles. The Kier molecular flexibility index (Phi) is 4.79. The van der Waals surface area contributed by atoms with Crippen LogP contribution in [-0.2, 0) is 4.79 Å². The zero-order valence-electron chi connectivity index (χ0n) is 10.9. The van der Waals surface area contributed by atoms with Crippen molar-refractivity contribution < 1.29 is 19.4 Å². The van der Waals surface area contributed by atoms with Gasteiger partial charge in [0.25, 0.3) is 0 Å². The van der Waals surface area contributed by atoms with Crippen LogP contribution in [0.4, 0.5) is 10.5 Å². The van der Waals surface area contributed by atoms with E-state index in [0.717, 1.165) is 4.90 Å². The highest BCUT2D eigenvalue weighted by Crippen LogP contribution is 2.20. The Labute approximate surface area is 126 Å². The van der Waals surface area contributed by atoms with Gasteiger partial charge in [-0.3, -0.25) is 9.69 Å². The summed E-state index contributed by atoms with van der Waals surface area (Å²) in [5.74, 6) is -0.804. The van der Waals surface area contributed by atoms with Gasteiger partial charge in [-0.2, -0.15) is 0 Å². The number of benzene rings is 2. The molecule has 1 amide bonds. The fourth-order valence-corrected chi connectivity index (χ4v) is 1.79. The van der Waals surface area contributed by atoms with Crippen molar-refractivity contribution in [1.82, 2.24) is 0 Å². The Balaban J connectivity index is 2.21. The minimum absolute atomic E-state index is 0.340. The van der Waals surface area contributed by atoms with Gasteiger partial charge < -0.3 is 9.84 Å². The third kappa shape index (κ3) is 4.22. The third-order valence-electron chi connectivity index (χ3n) is 2.60. The minimum Gasteiger partial charge on any atom is -0.480 e. The molecule has 0 heterocycles. The maximum Gasteiger partial charge on any atom is 0.420 e. The van der Waals surface area contributed by atoms with Crippen LogP contribution in [0.15, 0.2) is 54.6 Å². The zero-order chi connectivity index (χ0) is 15.2. The Morgan fingerprint density at radius 1 is 1.05 bits per heavy atom. The number of carbonyl (C=O) groups excluding carboxylic acids is 1. The lowest BCUT2D eigenvalue weighted by Gasteiger charge is -2.20. The van der Waals surface area contributed by atoms with Crippen LogP contribution in [0.5, 0.6) is 5.75 Å². The summed E-state index contributed by atoms with van der Waals surface area (Å²) < 4.78 is 5.15. The quantitative estimate of drug-likeness (QED) is 0.939. The topological polar surface area (TPSA) is 66.8 Å². The molecule has 108 valence electrons.